The molecule has 2 unspecified atom stereocenters. The van der Waals surface area contributed by atoms with Crippen molar-refractivity contribution in [1.82, 2.24) is 10.6 Å². The topological polar surface area (TPSA) is 67.4 Å². The normalized spacial score (nSPS) is 30.6. The Morgan fingerprint density at radius 3 is 2.94 bits per heavy atom. The number of rotatable bonds is 2. The molecule has 2 N–H and O–H groups in total. The minimum absolute atomic E-state index is 0.0659. The van der Waals surface area contributed by atoms with Gasteiger partial charge in [0.05, 0.1) is 0 Å². The van der Waals surface area contributed by atoms with Crippen LogP contribution in [0.1, 0.15) is 32.1 Å². The Morgan fingerprint density at radius 2 is 2.19 bits per heavy atom. The largest absolute Gasteiger partial charge is 0.368 e. The summed E-state index contributed by atoms with van der Waals surface area (Å²) in [5, 5.41) is 5.57. The van der Waals surface area contributed by atoms with Crippen LogP contribution in [0.4, 0.5) is 0 Å². The van der Waals surface area contributed by atoms with Crippen LogP contribution in [-0.4, -0.2) is 37.1 Å². The van der Waals surface area contributed by atoms with Crippen LogP contribution >= 0.6 is 0 Å². The molecule has 0 saturated carbocycles. The fraction of sp³-hybridized carbons (Fsp3) is 0.818. The average molecular weight is 226 g/mol. The summed E-state index contributed by atoms with van der Waals surface area (Å²) < 4.78 is 5.28. The highest BCUT2D eigenvalue weighted by Gasteiger charge is 2.28. The van der Waals surface area contributed by atoms with Crippen molar-refractivity contribution < 1.29 is 14.3 Å². The van der Waals surface area contributed by atoms with E-state index in [4.69, 9.17) is 4.74 Å². The fourth-order valence-corrected chi connectivity index (χ4v) is 2.13. The first-order valence-electron chi connectivity index (χ1n) is 5.97. The summed E-state index contributed by atoms with van der Waals surface area (Å²) in [5.41, 5.74) is 0. The van der Waals surface area contributed by atoms with Crippen LogP contribution in [0.15, 0.2) is 0 Å². The monoisotopic (exact) mass is 226 g/mol. The highest BCUT2D eigenvalue weighted by Crippen LogP contribution is 2.13. The molecule has 2 aliphatic rings. The average Bonchev–Trinajstić information content (AvgIpc) is 2.73. The van der Waals surface area contributed by atoms with Crippen molar-refractivity contribution in [3.8, 4) is 0 Å². The van der Waals surface area contributed by atoms with Crippen LogP contribution in [0.5, 0.6) is 0 Å². The third kappa shape index (κ3) is 2.72. The van der Waals surface area contributed by atoms with E-state index >= 15 is 0 Å². The maximum atomic E-state index is 11.8. The molecule has 0 aliphatic carbocycles. The van der Waals surface area contributed by atoms with Gasteiger partial charge in [0, 0.05) is 13.2 Å². The van der Waals surface area contributed by atoms with Gasteiger partial charge in [-0.25, -0.2) is 0 Å². The molecule has 5 nitrogen and oxygen atoms in total. The zero-order valence-electron chi connectivity index (χ0n) is 9.33. The van der Waals surface area contributed by atoms with Crippen molar-refractivity contribution >= 4 is 11.8 Å². The number of amides is 2. The smallest absolute Gasteiger partial charge is 0.249 e. The SMILES string of the molecule is O=C1NCCCCC1NC(=O)C1CCCO1. The lowest BCUT2D eigenvalue weighted by molar-refractivity contribution is -0.134. The van der Waals surface area contributed by atoms with Gasteiger partial charge in [0.1, 0.15) is 12.1 Å². The van der Waals surface area contributed by atoms with Crippen LogP contribution in [0.3, 0.4) is 0 Å². The van der Waals surface area contributed by atoms with Crippen molar-refractivity contribution in [2.45, 2.75) is 44.2 Å². The van der Waals surface area contributed by atoms with Crippen LogP contribution in [0, 0.1) is 0 Å². The Hall–Kier alpha value is -1.10. The molecule has 16 heavy (non-hydrogen) atoms. The highest BCUT2D eigenvalue weighted by atomic mass is 16.5. The van der Waals surface area contributed by atoms with Gasteiger partial charge < -0.3 is 15.4 Å². The molecular formula is C11H18N2O3. The molecule has 90 valence electrons. The first kappa shape index (κ1) is 11.4. The van der Waals surface area contributed by atoms with Crippen molar-refractivity contribution in [1.29, 1.82) is 0 Å². The predicted molar refractivity (Wildman–Crippen MR) is 57.8 cm³/mol. The van der Waals surface area contributed by atoms with Gasteiger partial charge >= 0.3 is 0 Å². The maximum absolute atomic E-state index is 11.8. The molecule has 2 fully saturated rings. The molecule has 0 aromatic heterocycles. The number of carbonyl (C=O) groups is 2. The molecule has 0 aromatic rings. The Balaban J connectivity index is 1.86. The molecule has 2 atom stereocenters. The number of hydrogen-bond donors (Lipinski definition) is 2. The van der Waals surface area contributed by atoms with Crippen molar-refractivity contribution in [2.24, 2.45) is 0 Å². The summed E-state index contributed by atoms with van der Waals surface area (Å²) in [6.07, 6.45) is 4.02. The molecule has 5 heteroatoms. The summed E-state index contributed by atoms with van der Waals surface area (Å²) in [4.78, 5) is 23.4. The van der Waals surface area contributed by atoms with Gasteiger partial charge in [0.15, 0.2) is 0 Å². The molecule has 0 spiro atoms. The maximum Gasteiger partial charge on any atom is 0.249 e. The van der Waals surface area contributed by atoms with E-state index in [2.05, 4.69) is 10.6 Å². The van der Waals surface area contributed by atoms with Gasteiger partial charge in [-0.05, 0) is 32.1 Å². The second-order valence-corrected chi connectivity index (χ2v) is 4.35. The van der Waals surface area contributed by atoms with E-state index in [-0.39, 0.29) is 24.0 Å². The van der Waals surface area contributed by atoms with Gasteiger partial charge in [-0.2, -0.15) is 0 Å². The molecule has 2 amide bonds. The van der Waals surface area contributed by atoms with E-state index in [1.54, 1.807) is 0 Å². The van der Waals surface area contributed by atoms with Gasteiger partial charge in [-0.1, -0.05) is 0 Å². The van der Waals surface area contributed by atoms with Gasteiger partial charge in [-0.15, -0.1) is 0 Å². The lowest BCUT2D eigenvalue weighted by atomic mass is 10.1. The summed E-state index contributed by atoms with van der Waals surface area (Å²) in [5.74, 6) is -0.205. The second kappa shape index (κ2) is 5.30. The minimum Gasteiger partial charge on any atom is -0.368 e. The minimum atomic E-state index is -0.376. The molecular weight excluding hydrogens is 208 g/mol. The van der Waals surface area contributed by atoms with Crippen LogP contribution < -0.4 is 10.6 Å². The molecule has 2 heterocycles. The number of nitrogens with one attached hydrogen (secondary N) is 2. The third-order valence-electron chi connectivity index (χ3n) is 3.07. The zero-order chi connectivity index (χ0) is 11.4. The Morgan fingerprint density at radius 1 is 1.31 bits per heavy atom. The van der Waals surface area contributed by atoms with Crippen LogP contribution in [0.2, 0.25) is 0 Å². The van der Waals surface area contributed by atoms with E-state index < -0.39 is 0 Å². The van der Waals surface area contributed by atoms with E-state index in [9.17, 15) is 9.59 Å². The van der Waals surface area contributed by atoms with E-state index in [0.29, 0.717) is 13.2 Å². The van der Waals surface area contributed by atoms with Crippen molar-refractivity contribution in [3.63, 3.8) is 0 Å². The molecule has 0 radical (unpaired) electrons. The molecule has 0 aromatic carbocycles. The first-order chi connectivity index (χ1) is 7.77. The molecule has 0 bridgehead atoms. The first-order valence-corrected chi connectivity index (χ1v) is 5.97. The highest BCUT2D eigenvalue weighted by molar-refractivity contribution is 5.89. The third-order valence-corrected chi connectivity index (χ3v) is 3.07. The number of hydrogen-bond acceptors (Lipinski definition) is 3. The lowest BCUT2D eigenvalue weighted by Gasteiger charge is -2.17. The summed E-state index contributed by atoms with van der Waals surface area (Å²) >= 11 is 0. The standard InChI is InChI=1S/C11H18N2O3/c14-10-8(4-1-2-6-12-10)13-11(15)9-5-3-7-16-9/h8-9H,1-7H2,(H,12,14)(H,13,15). The summed E-state index contributed by atoms with van der Waals surface area (Å²) in [6, 6.07) is -0.376. The Kier molecular flexibility index (Phi) is 3.77. The Labute approximate surface area is 94.9 Å². The molecule has 2 aliphatic heterocycles. The zero-order valence-corrected chi connectivity index (χ0v) is 9.33. The summed E-state index contributed by atoms with van der Waals surface area (Å²) in [7, 11) is 0. The Bertz CT molecular complexity index is 274. The van der Waals surface area contributed by atoms with Gasteiger partial charge in [0.2, 0.25) is 11.8 Å². The van der Waals surface area contributed by atoms with E-state index in [0.717, 1.165) is 32.1 Å². The van der Waals surface area contributed by atoms with Crippen molar-refractivity contribution in [3.05, 3.63) is 0 Å². The number of carbonyl (C=O) groups excluding carboxylic acids is 2. The summed E-state index contributed by atoms with van der Waals surface area (Å²) in [6.45, 7) is 1.36. The van der Waals surface area contributed by atoms with Crippen LogP contribution in [-0.2, 0) is 14.3 Å². The lowest BCUT2D eigenvalue weighted by Crippen LogP contribution is -2.48. The molecule has 2 rings (SSSR count). The van der Waals surface area contributed by atoms with E-state index in [1.807, 2.05) is 0 Å². The van der Waals surface area contributed by atoms with Gasteiger partial charge in [-0.3, -0.25) is 9.59 Å². The molecule has 2 saturated heterocycles. The quantitative estimate of drug-likeness (QED) is 0.693. The predicted octanol–water partition coefficient (Wildman–Crippen LogP) is -0.0497. The van der Waals surface area contributed by atoms with Gasteiger partial charge in [0.25, 0.3) is 0 Å². The number of ether oxygens (including phenoxy) is 1. The van der Waals surface area contributed by atoms with Crippen molar-refractivity contribution in [2.75, 3.05) is 13.2 Å². The fourth-order valence-electron chi connectivity index (χ4n) is 2.13. The second-order valence-electron chi connectivity index (χ2n) is 4.35. The van der Waals surface area contributed by atoms with Crippen LogP contribution in [0.25, 0.3) is 0 Å². The van der Waals surface area contributed by atoms with E-state index in [1.165, 1.54) is 0 Å².